The summed E-state index contributed by atoms with van der Waals surface area (Å²) in [6, 6.07) is 13.1. The van der Waals surface area contributed by atoms with Crippen molar-refractivity contribution >= 4 is 10.0 Å². The van der Waals surface area contributed by atoms with E-state index in [2.05, 4.69) is 19.9 Å². The van der Waals surface area contributed by atoms with Crippen LogP contribution < -0.4 is 4.72 Å². The molecule has 0 unspecified atom stereocenters. The number of hydrogen-bond acceptors (Lipinski definition) is 4. The minimum Gasteiger partial charge on any atom is -0.284 e. The van der Waals surface area contributed by atoms with Crippen molar-refractivity contribution < 1.29 is 17.2 Å². The number of pyridine rings is 1. The molecule has 0 saturated heterocycles. The van der Waals surface area contributed by atoms with Crippen molar-refractivity contribution in [2.45, 2.75) is 11.4 Å². The number of aromatic nitrogens is 3. The molecule has 4 aromatic rings. The Morgan fingerprint density at radius 3 is 2.40 bits per heavy atom. The molecule has 9 heteroatoms. The van der Waals surface area contributed by atoms with Crippen molar-refractivity contribution in [3.63, 3.8) is 0 Å². The summed E-state index contributed by atoms with van der Waals surface area (Å²) in [6.07, 6.45) is 5.15. The molecular formula is C21H16F2N4O2S. The third-order valence-corrected chi connectivity index (χ3v) is 5.83. The van der Waals surface area contributed by atoms with E-state index in [1.54, 1.807) is 36.8 Å². The van der Waals surface area contributed by atoms with Gasteiger partial charge in [-0.1, -0.05) is 18.2 Å². The van der Waals surface area contributed by atoms with Crippen LogP contribution >= 0.6 is 0 Å². The molecule has 0 fully saturated rings. The van der Waals surface area contributed by atoms with Crippen molar-refractivity contribution in [1.82, 2.24) is 19.9 Å². The summed E-state index contributed by atoms with van der Waals surface area (Å²) < 4.78 is 53.9. The topological polar surface area (TPSA) is 87.7 Å². The first-order valence-electron chi connectivity index (χ1n) is 8.92. The molecule has 0 saturated carbocycles. The lowest BCUT2D eigenvalue weighted by Gasteiger charge is -2.09. The van der Waals surface area contributed by atoms with Gasteiger partial charge in [-0.25, -0.2) is 21.9 Å². The van der Waals surface area contributed by atoms with E-state index in [1.807, 2.05) is 18.2 Å². The minimum absolute atomic E-state index is 0.0523. The van der Waals surface area contributed by atoms with Crippen LogP contribution in [0.5, 0.6) is 0 Å². The van der Waals surface area contributed by atoms with Crippen LogP contribution in [0.2, 0.25) is 0 Å². The Hall–Kier alpha value is -3.43. The van der Waals surface area contributed by atoms with Crippen LogP contribution in [0.1, 0.15) is 5.56 Å². The molecule has 6 nitrogen and oxygen atoms in total. The highest BCUT2D eigenvalue weighted by Crippen LogP contribution is 2.30. The van der Waals surface area contributed by atoms with E-state index < -0.39 is 26.6 Å². The predicted octanol–water partition coefficient (Wildman–Crippen LogP) is 3.90. The number of halogens is 2. The van der Waals surface area contributed by atoms with Crippen molar-refractivity contribution in [2.75, 3.05) is 0 Å². The molecule has 0 aliphatic carbocycles. The molecule has 2 aromatic carbocycles. The Morgan fingerprint density at radius 1 is 0.933 bits per heavy atom. The van der Waals surface area contributed by atoms with E-state index in [1.165, 1.54) is 0 Å². The van der Waals surface area contributed by atoms with Crippen LogP contribution in [0.3, 0.4) is 0 Å². The summed E-state index contributed by atoms with van der Waals surface area (Å²) in [5, 5.41) is 7.16. The molecular weight excluding hydrogens is 410 g/mol. The lowest BCUT2D eigenvalue weighted by atomic mass is 10.0. The van der Waals surface area contributed by atoms with Gasteiger partial charge in [-0.05, 0) is 41.5 Å². The third kappa shape index (κ3) is 4.27. The monoisotopic (exact) mass is 426 g/mol. The van der Waals surface area contributed by atoms with Gasteiger partial charge < -0.3 is 0 Å². The summed E-state index contributed by atoms with van der Waals surface area (Å²) >= 11 is 0. The lowest BCUT2D eigenvalue weighted by Crippen LogP contribution is -2.23. The van der Waals surface area contributed by atoms with Gasteiger partial charge in [0.1, 0.15) is 11.6 Å². The number of benzene rings is 2. The van der Waals surface area contributed by atoms with Gasteiger partial charge in [0.15, 0.2) is 0 Å². The molecule has 30 heavy (non-hydrogen) atoms. The predicted molar refractivity (Wildman–Crippen MR) is 108 cm³/mol. The second-order valence-corrected chi connectivity index (χ2v) is 8.28. The maximum Gasteiger partial charge on any atom is 0.241 e. The second-order valence-electron chi connectivity index (χ2n) is 6.51. The van der Waals surface area contributed by atoms with Crippen LogP contribution in [0.15, 0.2) is 78.1 Å². The number of H-pyrrole nitrogens is 1. The summed E-state index contributed by atoms with van der Waals surface area (Å²) in [5.74, 6) is -1.92. The zero-order valence-corrected chi connectivity index (χ0v) is 16.3. The van der Waals surface area contributed by atoms with E-state index in [-0.39, 0.29) is 6.54 Å². The summed E-state index contributed by atoms with van der Waals surface area (Å²) in [6.45, 7) is -0.0523. The molecule has 0 bridgehead atoms. The standard InChI is InChI=1S/C21H16F2N4O2S/c22-17-9-18(23)11-19(10-17)30(28,29)26-12-14-2-1-3-16(8-14)21-20(13-25-27-21)15-4-6-24-7-5-15/h1-11,13,26H,12H2,(H,25,27). The van der Waals surface area contributed by atoms with E-state index >= 15 is 0 Å². The van der Waals surface area contributed by atoms with Gasteiger partial charge in [-0.15, -0.1) is 0 Å². The van der Waals surface area contributed by atoms with Gasteiger partial charge in [0.05, 0.1) is 10.6 Å². The maximum atomic E-state index is 13.4. The number of sulfonamides is 1. The Morgan fingerprint density at radius 2 is 1.67 bits per heavy atom. The Bertz CT molecular complexity index is 1270. The number of nitrogens with zero attached hydrogens (tertiary/aromatic N) is 2. The quantitative estimate of drug-likeness (QED) is 0.490. The first kappa shape index (κ1) is 19.9. The molecule has 0 amide bonds. The second kappa shape index (κ2) is 8.13. The van der Waals surface area contributed by atoms with Gasteiger partial charge in [0, 0.05) is 42.3 Å². The Kier molecular flexibility index (Phi) is 5.39. The highest BCUT2D eigenvalue weighted by atomic mass is 32.2. The van der Waals surface area contributed by atoms with Crippen LogP contribution in [0.25, 0.3) is 22.4 Å². The molecule has 0 spiro atoms. The highest BCUT2D eigenvalue weighted by molar-refractivity contribution is 7.89. The van der Waals surface area contributed by atoms with E-state index in [9.17, 15) is 17.2 Å². The largest absolute Gasteiger partial charge is 0.284 e. The van der Waals surface area contributed by atoms with Gasteiger partial charge in [-0.2, -0.15) is 5.10 Å². The van der Waals surface area contributed by atoms with Gasteiger partial charge in [0.25, 0.3) is 0 Å². The SMILES string of the molecule is O=S(=O)(NCc1cccc(-c2n[nH]cc2-c2ccncc2)c1)c1cc(F)cc(F)c1. The van der Waals surface area contributed by atoms with E-state index in [0.717, 1.165) is 28.8 Å². The zero-order chi connectivity index (χ0) is 21.1. The molecule has 2 heterocycles. The van der Waals surface area contributed by atoms with Gasteiger partial charge in [-0.3, -0.25) is 10.1 Å². The van der Waals surface area contributed by atoms with Crippen LogP contribution in [-0.4, -0.2) is 23.6 Å². The zero-order valence-electron chi connectivity index (χ0n) is 15.5. The molecule has 0 radical (unpaired) electrons. The number of nitrogens with one attached hydrogen (secondary N) is 2. The van der Waals surface area contributed by atoms with Crippen LogP contribution in [0, 0.1) is 11.6 Å². The molecule has 2 aromatic heterocycles. The summed E-state index contributed by atoms with van der Waals surface area (Å²) in [7, 11) is -4.08. The average molecular weight is 426 g/mol. The summed E-state index contributed by atoms with van der Waals surface area (Å²) in [4.78, 5) is 3.54. The number of rotatable bonds is 6. The smallest absolute Gasteiger partial charge is 0.241 e. The molecule has 0 atom stereocenters. The fraction of sp³-hybridized carbons (Fsp3) is 0.0476. The molecule has 2 N–H and O–H groups in total. The van der Waals surface area contributed by atoms with Crippen molar-refractivity contribution in [3.05, 3.63) is 90.4 Å². The van der Waals surface area contributed by atoms with E-state index in [4.69, 9.17) is 0 Å². The summed E-state index contributed by atoms with van der Waals surface area (Å²) in [5.41, 5.74) is 3.98. The fourth-order valence-corrected chi connectivity index (χ4v) is 4.09. The highest BCUT2D eigenvalue weighted by Gasteiger charge is 2.17. The van der Waals surface area contributed by atoms with Gasteiger partial charge >= 0.3 is 0 Å². The number of aromatic amines is 1. The van der Waals surface area contributed by atoms with Crippen molar-refractivity contribution in [3.8, 4) is 22.4 Å². The minimum atomic E-state index is -4.08. The van der Waals surface area contributed by atoms with E-state index in [0.29, 0.717) is 17.3 Å². The maximum absolute atomic E-state index is 13.4. The van der Waals surface area contributed by atoms with Crippen molar-refractivity contribution in [1.29, 1.82) is 0 Å². The van der Waals surface area contributed by atoms with Crippen LogP contribution in [-0.2, 0) is 16.6 Å². The third-order valence-electron chi connectivity index (χ3n) is 4.44. The first-order chi connectivity index (χ1) is 14.4. The van der Waals surface area contributed by atoms with Crippen molar-refractivity contribution in [2.24, 2.45) is 0 Å². The normalized spacial score (nSPS) is 11.5. The van der Waals surface area contributed by atoms with Crippen LogP contribution in [0.4, 0.5) is 8.78 Å². The Labute approximate surface area is 171 Å². The molecule has 0 aliphatic rings. The first-order valence-corrected chi connectivity index (χ1v) is 10.4. The Balaban J connectivity index is 1.57. The number of hydrogen-bond donors (Lipinski definition) is 2. The molecule has 4 rings (SSSR count). The van der Waals surface area contributed by atoms with Gasteiger partial charge in [0.2, 0.25) is 10.0 Å². The lowest BCUT2D eigenvalue weighted by molar-refractivity contribution is 0.561. The fourth-order valence-electron chi connectivity index (χ4n) is 3.04. The molecule has 0 aliphatic heterocycles. The molecule has 152 valence electrons. The average Bonchev–Trinajstić information content (AvgIpc) is 3.23.